The SMILES string of the molecule is CN(Cc1nccn1C)c1ccc2ccccc2c1. The minimum atomic E-state index is 0.807. The highest BCUT2D eigenvalue weighted by atomic mass is 15.2. The zero-order chi connectivity index (χ0) is 13.2. The molecule has 0 aliphatic heterocycles. The fourth-order valence-electron chi connectivity index (χ4n) is 2.27. The van der Waals surface area contributed by atoms with E-state index in [1.165, 1.54) is 16.5 Å². The zero-order valence-corrected chi connectivity index (χ0v) is 11.2. The molecule has 0 aliphatic rings. The van der Waals surface area contributed by atoms with Gasteiger partial charge in [-0.1, -0.05) is 30.3 Å². The number of fused-ring (bicyclic) bond motifs is 1. The quantitative estimate of drug-likeness (QED) is 0.712. The van der Waals surface area contributed by atoms with Gasteiger partial charge in [0.2, 0.25) is 0 Å². The number of hydrogen-bond donors (Lipinski definition) is 0. The Kier molecular flexibility index (Phi) is 2.95. The molecule has 19 heavy (non-hydrogen) atoms. The first-order valence-corrected chi connectivity index (χ1v) is 6.40. The topological polar surface area (TPSA) is 21.1 Å². The monoisotopic (exact) mass is 251 g/mol. The Balaban J connectivity index is 1.89. The third-order valence-electron chi connectivity index (χ3n) is 3.47. The largest absolute Gasteiger partial charge is 0.367 e. The third-order valence-corrected chi connectivity index (χ3v) is 3.47. The van der Waals surface area contributed by atoms with Crippen molar-refractivity contribution in [2.45, 2.75) is 6.54 Å². The molecule has 0 unspecified atom stereocenters. The van der Waals surface area contributed by atoms with Gasteiger partial charge >= 0.3 is 0 Å². The van der Waals surface area contributed by atoms with E-state index < -0.39 is 0 Å². The molecule has 2 aromatic carbocycles. The van der Waals surface area contributed by atoms with Gasteiger partial charge in [0.05, 0.1) is 6.54 Å². The molecule has 0 saturated heterocycles. The lowest BCUT2D eigenvalue weighted by Crippen LogP contribution is -2.18. The van der Waals surface area contributed by atoms with E-state index in [0.717, 1.165) is 12.4 Å². The minimum Gasteiger partial charge on any atom is -0.367 e. The van der Waals surface area contributed by atoms with Crippen molar-refractivity contribution in [2.75, 3.05) is 11.9 Å². The highest BCUT2D eigenvalue weighted by Crippen LogP contribution is 2.22. The Labute approximate surface area is 113 Å². The molecule has 96 valence electrons. The molecule has 0 spiro atoms. The van der Waals surface area contributed by atoms with Crippen LogP contribution in [0.1, 0.15) is 5.82 Å². The van der Waals surface area contributed by atoms with Crippen LogP contribution in [-0.2, 0) is 13.6 Å². The summed E-state index contributed by atoms with van der Waals surface area (Å²) < 4.78 is 2.05. The second-order valence-electron chi connectivity index (χ2n) is 4.84. The molecular weight excluding hydrogens is 234 g/mol. The summed E-state index contributed by atoms with van der Waals surface area (Å²) in [6, 6.07) is 15.0. The lowest BCUT2D eigenvalue weighted by molar-refractivity contribution is 0.762. The van der Waals surface area contributed by atoms with Gasteiger partial charge in [0.25, 0.3) is 0 Å². The van der Waals surface area contributed by atoms with Crippen LogP contribution in [0.15, 0.2) is 54.9 Å². The lowest BCUT2D eigenvalue weighted by Gasteiger charge is -2.19. The third kappa shape index (κ3) is 2.32. The molecule has 0 bridgehead atoms. The summed E-state index contributed by atoms with van der Waals surface area (Å²) in [5.41, 5.74) is 1.21. The maximum absolute atomic E-state index is 4.36. The zero-order valence-electron chi connectivity index (χ0n) is 11.2. The van der Waals surface area contributed by atoms with Gasteiger partial charge in [-0.05, 0) is 22.9 Å². The Morgan fingerprint density at radius 3 is 2.63 bits per heavy atom. The van der Waals surface area contributed by atoms with Crippen molar-refractivity contribution >= 4 is 16.5 Å². The van der Waals surface area contributed by atoms with Crippen LogP contribution in [0, 0.1) is 0 Å². The second-order valence-corrected chi connectivity index (χ2v) is 4.84. The van der Waals surface area contributed by atoms with Crippen LogP contribution < -0.4 is 4.90 Å². The van der Waals surface area contributed by atoms with E-state index in [9.17, 15) is 0 Å². The van der Waals surface area contributed by atoms with Crippen molar-refractivity contribution in [1.29, 1.82) is 0 Å². The van der Waals surface area contributed by atoms with E-state index >= 15 is 0 Å². The molecule has 0 atom stereocenters. The van der Waals surface area contributed by atoms with Crippen LogP contribution >= 0.6 is 0 Å². The van der Waals surface area contributed by atoms with E-state index in [-0.39, 0.29) is 0 Å². The summed E-state index contributed by atoms with van der Waals surface area (Å²) in [6.45, 7) is 0.807. The smallest absolute Gasteiger partial charge is 0.127 e. The fourth-order valence-corrected chi connectivity index (χ4v) is 2.27. The van der Waals surface area contributed by atoms with E-state index in [1.807, 2.05) is 19.4 Å². The predicted octanol–water partition coefficient (Wildman–Crippen LogP) is 3.21. The maximum atomic E-state index is 4.36. The first-order valence-electron chi connectivity index (χ1n) is 6.40. The molecule has 0 fully saturated rings. The number of anilines is 1. The van der Waals surface area contributed by atoms with Crippen molar-refractivity contribution in [3.8, 4) is 0 Å². The molecular formula is C16H17N3. The Morgan fingerprint density at radius 1 is 1.11 bits per heavy atom. The maximum Gasteiger partial charge on any atom is 0.127 e. The Bertz CT molecular complexity index is 700. The Morgan fingerprint density at radius 2 is 1.89 bits per heavy atom. The van der Waals surface area contributed by atoms with Crippen molar-refractivity contribution in [2.24, 2.45) is 7.05 Å². The molecule has 3 aromatic rings. The van der Waals surface area contributed by atoms with Gasteiger partial charge in [-0.2, -0.15) is 0 Å². The molecule has 0 aliphatic carbocycles. The molecule has 1 heterocycles. The van der Waals surface area contributed by atoms with Crippen molar-refractivity contribution in [3.05, 3.63) is 60.7 Å². The predicted molar refractivity (Wildman–Crippen MR) is 79.3 cm³/mol. The van der Waals surface area contributed by atoms with E-state index in [4.69, 9.17) is 0 Å². The van der Waals surface area contributed by atoms with Crippen LogP contribution in [0.25, 0.3) is 10.8 Å². The summed E-state index contributed by atoms with van der Waals surface area (Å²) in [5.74, 6) is 1.07. The van der Waals surface area contributed by atoms with E-state index in [0.29, 0.717) is 0 Å². The number of hydrogen-bond acceptors (Lipinski definition) is 2. The summed E-state index contributed by atoms with van der Waals surface area (Å²) >= 11 is 0. The minimum absolute atomic E-state index is 0.807. The molecule has 0 N–H and O–H groups in total. The summed E-state index contributed by atoms with van der Waals surface area (Å²) in [5, 5.41) is 2.54. The van der Waals surface area contributed by atoms with Gasteiger partial charge in [0.1, 0.15) is 5.82 Å². The standard InChI is InChI=1S/C16H17N3/c1-18-10-9-17-16(18)12-19(2)15-8-7-13-5-3-4-6-14(13)11-15/h3-11H,12H2,1-2H3. The average Bonchev–Trinajstić information content (AvgIpc) is 2.84. The molecule has 1 aromatic heterocycles. The van der Waals surface area contributed by atoms with Gasteiger partial charge in [-0.3, -0.25) is 0 Å². The van der Waals surface area contributed by atoms with Crippen molar-refractivity contribution in [1.82, 2.24) is 9.55 Å². The lowest BCUT2D eigenvalue weighted by atomic mass is 10.1. The second kappa shape index (κ2) is 4.76. The summed E-state index contributed by atoms with van der Waals surface area (Å²) in [7, 11) is 4.12. The van der Waals surface area contributed by atoms with Crippen LogP contribution in [0.4, 0.5) is 5.69 Å². The number of benzene rings is 2. The van der Waals surface area contributed by atoms with Gasteiger partial charge < -0.3 is 9.47 Å². The molecule has 3 nitrogen and oxygen atoms in total. The van der Waals surface area contributed by atoms with Gasteiger partial charge in [0, 0.05) is 32.2 Å². The normalized spacial score (nSPS) is 10.8. The van der Waals surface area contributed by atoms with Crippen molar-refractivity contribution < 1.29 is 0 Å². The number of rotatable bonds is 3. The summed E-state index contributed by atoms with van der Waals surface area (Å²) in [4.78, 5) is 6.58. The molecule has 0 radical (unpaired) electrons. The van der Waals surface area contributed by atoms with E-state index in [1.54, 1.807) is 0 Å². The molecule has 3 heteroatoms. The molecule has 3 rings (SSSR count). The van der Waals surface area contributed by atoms with Crippen molar-refractivity contribution in [3.63, 3.8) is 0 Å². The van der Waals surface area contributed by atoms with Crippen LogP contribution in [0.5, 0.6) is 0 Å². The highest BCUT2D eigenvalue weighted by molar-refractivity contribution is 5.85. The number of aromatic nitrogens is 2. The first kappa shape index (κ1) is 11.8. The Hall–Kier alpha value is -2.29. The van der Waals surface area contributed by atoms with Gasteiger partial charge in [-0.25, -0.2) is 4.98 Å². The van der Waals surface area contributed by atoms with Gasteiger partial charge in [0.15, 0.2) is 0 Å². The highest BCUT2D eigenvalue weighted by Gasteiger charge is 2.06. The van der Waals surface area contributed by atoms with E-state index in [2.05, 4.69) is 64.0 Å². The van der Waals surface area contributed by atoms with Crippen LogP contribution in [0.2, 0.25) is 0 Å². The first-order chi connectivity index (χ1) is 9.24. The summed E-state index contributed by atoms with van der Waals surface area (Å²) in [6.07, 6.45) is 3.81. The number of aryl methyl sites for hydroxylation is 1. The molecule has 0 saturated carbocycles. The fraction of sp³-hybridized carbons (Fsp3) is 0.188. The number of nitrogens with zero attached hydrogens (tertiary/aromatic N) is 3. The molecule has 0 amide bonds. The van der Waals surface area contributed by atoms with Gasteiger partial charge in [-0.15, -0.1) is 0 Å². The van der Waals surface area contributed by atoms with Crippen LogP contribution in [-0.4, -0.2) is 16.6 Å². The number of imidazole rings is 1. The van der Waals surface area contributed by atoms with Crippen LogP contribution in [0.3, 0.4) is 0 Å². The average molecular weight is 251 g/mol.